The summed E-state index contributed by atoms with van der Waals surface area (Å²) in [5.74, 6) is 0.973. The quantitative estimate of drug-likeness (QED) is 0.776. The molecule has 7 heteroatoms. The minimum absolute atomic E-state index is 0.248. The van der Waals surface area contributed by atoms with Gasteiger partial charge in [0.05, 0.1) is 0 Å². The first kappa shape index (κ1) is 12.7. The Hall–Kier alpha value is -2.28. The second-order valence-corrected chi connectivity index (χ2v) is 5.05. The number of hydrogen-bond donors (Lipinski definition) is 1. The van der Waals surface area contributed by atoms with Crippen molar-refractivity contribution in [2.24, 2.45) is 0 Å². The molecule has 3 aromatic rings. The first-order valence-corrected chi connectivity index (χ1v) is 6.61. The molecule has 20 heavy (non-hydrogen) atoms. The van der Waals surface area contributed by atoms with Gasteiger partial charge < -0.3 is 10.3 Å². The van der Waals surface area contributed by atoms with E-state index in [1.54, 1.807) is 0 Å². The maximum atomic E-state index is 5.74. The number of nitrogens with zero attached hydrogens (tertiary/aromatic N) is 4. The number of hydrogen-bond acceptors (Lipinski definition) is 6. The monoisotopic (exact) mass is 331 g/mol. The van der Waals surface area contributed by atoms with Crippen molar-refractivity contribution in [3.05, 3.63) is 40.6 Å². The molecule has 0 atom stereocenters. The van der Waals surface area contributed by atoms with Gasteiger partial charge in [0.1, 0.15) is 0 Å². The lowest BCUT2D eigenvalue weighted by Gasteiger charge is -2.00. The van der Waals surface area contributed by atoms with Gasteiger partial charge in [-0.3, -0.25) is 0 Å². The van der Waals surface area contributed by atoms with Gasteiger partial charge in [0.15, 0.2) is 11.5 Å². The highest BCUT2D eigenvalue weighted by Gasteiger charge is 2.16. The molecule has 0 aliphatic carbocycles. The van der Waals surface area contributed by atoms with Gasteiger partial charge in [0.2, 0.25) is 5.82 Å². The number of aryl methyl sites for hydroxylation is 1. The molecule has 100 valence electrons. The van der Waals surface area contributed by atoms with Crippen LogP contribution in [0.5, 0.6) is 0 Å². The fourth-order valence-electron chi connectivity index (χ4n) is 1.74. The largest absolute Gasteiger partial charge is 0.382 e. The van der Waals surface area contributed by atoms with Gasteiger partial charge in [-0.2, -0.15) is 4.98 Å². The maximum absolute atomic E-state index is 5.74. The smallest absolute Gasteiger partial charge is 0.280 e. The second kappa shape index (κ2) is 5.01. The number of anilines is 1. The van der Waals surface area contributed by atoms with Gasteiger partial charge in [0.25, 0.3) is 5.89 Å². The van der Waals surface area contributed by atoms with Gasteiger partial charge in [-0.15, -0.1) is 0 Å². The van der Waals surface area contributed by atoms with Gasteiger partial charge >= 0.3 is 0 Å². The number of rotatable bonds is 2. The van der Waals surface area contributed by atoms with Gasteiger partial charge in [-0.25, -0.2) is 9.97 Å². The molecule has 3 rings (SSSR count). The molecule has 0 aliphatic heterocycles. The van der Waals surface area contributed by atoms with E-state index < -0.39 is 0 Å². The third kappa shape index (κ3) is 2.27. The molecular formula is C13H10BrN5O. The molecule has 0 bridgehead atoms. The summed E-state index contributed by atoms with van der Waals surface area (Å²) >= 11 is 3.49. The predicted molar refractivity (Wildman–Crippen MR) is 77.6 cm³/mol. The summed E-state index contributed by atoms with van der Waals surface area (Å²) in [5, 5.41) is 3.95. The van der Waals surface area contributed by atoms with E-state index in [-0.39, 0.29) is 11.7 Å². The Morgan fingerprint density at radius 1 is 1.20 bits per heavy atom. The molecule has 6 nitrogen and oxygen atoms in total. The van der Waals surface area contributed by atoms with Crippen LogP contribution in [0.1, 0.15) is 5.56 Å². The molecule has 0 unspecified atom stereocenters. The standard InChI is InChI=1S/C13H10BrN5O/c1-7-2-3-8(9(14)6-7)12-18-13(20-19-12)10-11(15)17-5-4-16-10/h2-6H,1H3,(H2,15,17). The number of benzene rings is 1. The SMILES string of the molecule is Cc1ccc(-c2noc(-c3nccnc3N)n2)c(Br)c1. The van der Waals surface area contributed by atoms with E-state index in [4.69, 9.17) is 10.3 Å². The lowest BCUT2D eigenvalue weighted by Crippen LogP contribution is -1.96. The average molecular weight is 332 g/mol. The van der Waals surface area contributed by atoms with Crippen molar-refractivity contribution < 1.29 is 4.52 Å². The molecule has 2 N–H and O–H groups in total. The lowest BCUT2D eigenvalue weighted by molar-refractivity contribution is 0.431. The van der Waals surface area contributed by atoms with Crippen molar-refractivity contribution in [3.8, 4) is 23.0 Å². The van der Waals surface area contributed by atoms with Crippen molar-refractivity contribution >= 4 is 21.7 Å². The highest BCUT2D eigenvalue weighted by Crippen LogP contribution is 2.29. The van der Waals surface area contributed by atoms with Crippen molar-refractivity contribution in [1.29, 1.82) is 0 Å². The maximum Gasteiger partial charge on any atom is 0.280 e. The zero-order valence-electron chi connectivity index (χ0n) is 10.5. The summed E-state index contributed by atoms with van der Waals surface area (Å²) in [6.07, 6.45) is 3.03. The van der Waals surface area contributed by atoms with Gasteiger partial charge in [-0.05, 0) is 24.6 Å². The van der Waals surface area contributed by atoms with Gasteiger partial charge in [0, 0.05) is 22.4 Å². The normalized spacial score (nSPS) is 10.7. The second-order valence-electron chi connectivity index (χ2n) is 4.20. The first-order valence-electron chi connectivity index (χ1n) is 5.82. The van der Waals surface area contributed by atoms with Gasteiger partial charge in [-0.1, -0.05) is 27.2 Å². The Balaban J connectivity index is 2.04. The molecule has 0 spiro atoms. The van der Waals surface area contributed by atoms with E-state index in [1.165, 1.54) is 12.4 Å². The molecule has 0 radical (unpaired) electrons. The van der Waals surface area contributed by atoms with Crippen LogP contribution in [-0.2, 0) is 0 Å². The molecule has 0 saturated heterocycles. The van der Waals surface area contributed by atoms with Crippen LogP contribution in [0, 0.1) is 6.92 Å². The van der Waals surface area contributed by atoms with Crippen LogP contribution in [0.25, 0.3) is 23.0 Å². The van der Waals surface area contributed by atoms with E-state index in [1.807, 2.05) is 25.1 Å². The van der Waals surface area contributed by atoms with Crippen molar-refractivity contribution in [2.75, 3.05) is 5.73 Å². The topological polar surface area (TPSA) is 90.7 Å². The van der Waals surface area contributed by atoms with Crippen molar-refractivity contribution in [2.45, 2.75) is 6.92 Å². The average Bonchev–Trinajstić information content (AvgIpc) is 2.88. The molecule has 0 fully saturated rings. The highest BCUT2D eigenvalue weighted by molar-refractivity contribution is 9.10. The van der Waals surface area contributed by atoms with E-state index in [2.05, 4.69) is 36.0 Å². The minimum atomic E-state index is 0.248. The zero-order valence-corrected chi connectivity index (χ0v) is 12.1. The first-order chi connectivity index (χ1) is 9.65. The number of nitrogens with two attached hydrogens (primary N) is 1. The van der Waals surface area contributed by atoms with Crippen LogP contribution >= 0.6 is 15.9 Å². The molecule has 2 heterocycles. The number of aromatic nitrogens is 4. The van der Waals surface area contributed by atoms with Crippen LogP contribution < -0.4 is 5.73 Å². The zero-order chi connectivity index (χ0) is 14.1. The molecule has 1 aromatic carbocycles. The number of halogens is 1. The van der Waals surface area contributed by atoms with Crippen LogP contribution in [-0.4, -0.2) is 20.1 Å². The van der Waals surface area contributed by atoms with E-state index in [0.29, 0.717) is 11.5 Å². The Morgan fingerprint density at radius 3 is 2.75 bits per heavy atom. The van der Waals surface area contributed by atoms with Crippen molar-refractivity contribution in [1.82, 2.24) is 20.1 Å². The highest BCUT2D eigenvalue weighted by atomic mass is 79.9. The van der Waals surface area contributed by atoms with Crippen LogP contribution in [0.4, 0.5) is 5.82 Å². The number of nitrogen functional groups attached to an aromatic ring is 1. The lowest BCUT2D eigenvalue weighted by atomic mass is 10.1. The molecule has 0 aliphatic rings. The summed E-state index contributed by atoms with van der Waals surface area (Å²) in [6.45, 7) is 2.01. The molecule has 0 saturated carbocycles. The summed E-state index contributed by atoms with van der Waals surface area (Å²) in [7, 11) is 0. The van der Waals surface area contributed by atoms with E-state index in [9.17, 15) is 0 Å². The minimum Gasteiger partial charge on any atom is -0.382 e. The molecule has 2 aromatic heterocycles. The Labute approximate surface area is 123 Å². The third-order valence-electron chi connectivity index (χ3n) is 2.72. The van der Waals surface area contributed by atoms with Crippen LogP contribution in [0.15, 0.2) is 39.6 Å². The third-order valence-corrected chi connectivity index (χ3v) is 3.38. The Kier molecular flexibility index (Phi) is 3.19. The Morgan fingerprint density at radius 2 is 2.00 bits per heavy atom. The Bertz CT molecular complexity index is 771. The summed E-state index contributed by atoms with van der Waals surface area (Å²) in [5.41, 5.74) is 8.11. The van der Waals surface area contributed by atoms with Crippen LogP contribution in [0.2, 0.25) is 0 Å². The molecule has 0 amide bonds. The fraction of sp³-hybridized carbons (Fsp3) is 0.0769. The van der Waals surface area contributed by atoms with E-state index in [0.717, 1.165) is 15.6 Å². The predicted octanol–water partition coefficient (Wildman–Crippen LogP) is 2.85. The summed E-state index contributed by atoms with van der Waals surface area (Å²) < 4.78 is 6.11. The summed E-state index contributed by atoms with van der Waals surface area (Å²) in [4.78, 5) is 12.4. The molecular weight excluding hydrogens is 322 g/mol. The summed E-state index contributed by atoms with van der Waals surface area (Å²) in [6, 6.07) is 5.89. The fourth-order valence-corrected chi connectivity index (χ4v) is 2.41. The van der Waals surface area contributed by atoms with Crippen molar-refractivity contribution in [3.63, 3.8) is 0 Å². The van der Waals surface area contributed by atoms with E-state index >= 15 is 0 Å². The van der Waals surface area contributed by atoms with Crippen LogP contribution in [0.3, 0.4) is 0 Å².